The van der Waals surface area contributed by atoms with Gasteiger partial charge in [-0.05, 0) is 35.9 Å². The van der Waals surface area contributed by atoms with E-state index in [9.17, 15) is 14.0 Å². The monoisotopic (exact) mass is 423 g/mol. The number of amides is 2. The standard InChI is InChI=1S/C18H12Cl2FN3O2S/c19-11-6-5-10(7-12(11)20)8-14-17(26)24(15-4-2-1-3-13(15)21)18(23-14)27-9-16(22)25/h1-8H,9H2,(H2,22,25)/b14-8-. The average molecular weight is 424 g/mol. The third-order valence-corrected chi connectivity index (χ3v) is 5.21. The number of rotatable bonds is 4. The van der Waals surface area contributed by atoms with Crippen LogP contribution in [0.4, 0.5) is 10.1 Å². The van der Waals surface area contributed by atoms with Gasteiger partial charge in [0.1, 0.15) is 11.5 Å². The van der Waals surface area contributed by atoms with E-state index in [1.165, 1.54) is 24.3 Å². The molecular formula is C18H12Cl2FN3O2S. The van der Waals surface area contributed by atoms with Crippen molar-refractivity contribution in [2.24, 2.45) is 10.7 Å². The van der Waals surface area contributed by atoms with Gasteiger partial charge in [0.15, 0.2) is 5.17 Å². The maximum absolute atomic E-state index is 14.2. The van der Waals surface area contributed by atoms with Crippen LogP contribution in [0.2, 0.25) is 10.0 Å². The van der Waals surface area contributed by atoms with Gasteiger partial charge in [-0.2, -0.15) is 0 Å². The number of para-hydroxylation sites is 1. The number of carbonyl (C=O) groups is 2. The molecule has 2 amide bonds. The van der Waals surface area contributed by atoms with Crippen LogP contribution in [-0.2, 0) is 9.59 Å². The Kier molecular flexibility index (Phi) is 5.84. The number of aliphatic imine (C=N–C) groups is 1. The van der Waals surface area contributed by atoms with Gasteiger partial charge in [-0.25, -0.2) is 9.38 Å². The van der Waals surface area contributed by atoms with E-state index in [2.05, 4.69) is 4.99 Å². The number of carbonyl (C=O) groups excluding carboxylic acids is 2. The molecule has 2 N–H and O–H groups in total. The molecule has 0 atom stereocenters. The first-order chi connectivity index (χ1) is 12.9. The topological polar surface area (TPSA) is 75.8 Å². The smallest absolute Gasteiger partial charge is 0.283 e. The molecule has 9 heteroatoms. The van der Waals surface area contributed by atoms with Crippen molar-refractivity contribution in [3.05, 3.63) is 69.6 Å². The van der Waals surface area contributed by atoms with Gasteiger partial charge in [0.2, 0.25) is 5.91 Å². The van der Waals surface area contributed by atoms with Gasteiger partial charge >= 0.3 is 0 Å². The molecule has 0 bridgehead atoms. The molecule has 5 nitrogen and oxygen atoms in total. The van der Waals surface area contributed by atoms with Crippen LogP contribution in [0.25, 0.3) is 6.08 Å². The zero-order valence-electron chi connectivity index (χ0n) is 13.7. The van der Waals surface area contributed by atoms with Crippen LogP contribution in [0, 0.1) is 5.82 Å². The van der Waals surface area contributed by atoms with Crippen molar-refractivity contribution in [3.8, 4) is 0 Å². The minimum Gasteiger partial charge on any atom is -0.369 e. The first-order valence-electron chi connectivity index (χ1n) is 7.62. The summed E-state index contributed by atoms with van der Waals surface area (Å²) < 4.78 is 14.2. The Morgan fingerprint density at radius 2 is 1.96 bits per heavy atom. The molecule has 0 saturated heterocycles. The summed E-state index contributed by atoms with van der Waals surface area (Å²) in [4.78, 5) is 29.3. The fourth-order valence-electron chi connectivity index (χ4n) is 2.33. The number of nitrogens with zero attached hydrogens (tertiary/aromatic N) is 2. The van der Waals surface area contributed by atoms with Crippen molar-refractivity contribution in [1.82, 2.24) is 0 Å². The van der Waals surface area contributed by atoms with Gasteiger partial charge in [-0.3, -0.25) is 14.5 Å². The van der Waals surface area contributed by atoms with Gasteiger partial charge in [-0.1, -0.05) is 53.2 Å². The van der Waals surface area contributed by atoms with Gasteiger partial charge in [0.05, 0.1) is 21.5 Å². The maximum Gasteiger partial charge on any atom is 0.283 e. The van der Waals surface area contributed by atoms with E-state index < -0.39 is 17.6 Å². The molecule has 0 unspecified atom stereocenters. The lowest BCUT2D eigenvalue weighted by molar-refractivity contribution is -0.115. The van der Waals surface area contributed by atoms with Crippen LogP contribution in [0.5, 0.6) is 0 Å². The van der Waals surface area contributed by atoms with E-state index in [4.69, 9.17) is 28.9 Å². The molecule has 27 heavy (non-hydrogen) atoms. The second-order valence-electron chi connectivity index (χ2n) is 5.44. The lowest BCUT2D eigenvalue weighted by atomic mass is 10.2. The number of benzene rings is 2. The third-order valence-electron chi connectivity index (χ3n) is 3.51. The summed E-state index contributed by atoms with van der Waals surface area (Å²) in [6, 6.07) is 10.7. The fraction of sp³-hybridized carbons (Fsp3) is 0.0556. The number of primary amides is 1. The van der Waals surface area contributed by atoms with E-state index in [1.54, 1.807) is 24.3 Å². The van der Waals surface area contributed by atoms with Crippen LogP contribution >= 0.6 is 35.0 Å². The lowest BCUT2D eigenvalue weighted by Gasteiger charge is -2.17. The van der Waals surface area contributed by atoms with E-state index in [0.29, 0.717) is 15.6 Å². The molecule has 0 aliphatic carbocycles. The number of hydrogen-bond acceptors (Lipinski definition) is 4. The molecule has 0 saturated carbocycles. The Bertz CT molecular complexity index is 994. The highest BCUT2D eigenvalue weighted by Crippen LogP contribution is 2.31. The highest BCUT2D eigenvalue weighted by atomic mass is 35.5. The number of anilines is 1. The minimum absolute atomic E-state index is 0.0377. The van der Waals surface area contributed by atoms with Crippen molar-refractivity contribution in [2.45, 2.75) is 0 Å². The Labute approximate surface area is 168 Å². The highest BCUT2D eigenvalue weighted by molar-refractivity contribution is 8.14. The van der Waals surface area contributed by atoms with Crippen molar-refractivity contribution in [3.63, 3.8) is 0 Å². The van der Waals surface area contributed by atoms with Crippen LogP contribution in [0.15, 0.2) is 53.2 Å². The largest absolute Gasteiger partial charge is 0.369 e. The quantitative estimate of drug-likeness (QED) is 0.752. The fourth-order valence-corrected chi connectivity index (χ4v) is 3.39. The molecule has 138 valence electrons. The van der Waals surface area contributed by atoms with Gasteiger partial charge in [0.25, 0.3) is 5.91 Å². The summed E-state index contributed by atoms with van der Waals surface area (Å²) in [6.07, 6.45) is 1.51. The Balaban J connectivity index is 2.02. The summed E-state index contributed by atoms with van der Waals surface area (Å²) >= 11 is 12.8. The predicted octanol–water partition coefficient (Wildman–Crippen LogP) is 4.09. The second-order valence-corrected chi connectivity index (χ2v) is 7.20. The summed E-state index contributed by atoms with van der Waals surface area (Å²) in [7, 11) is 0. The zero-order valence-corrected chi connectivity index (χ0v) is 16.0. The molecule has 0 radical (unpaired) electrons. The predicted molar refractivity (Wildman–Crippen MR) is 107 cm³/mol. The number of amidine groups is 1. The lowest BCUT2D eigenvalue weighted by Crippen LogP contribution is -2.32. The number of hydrogen-bond donors (Lipinski definition) is 1. The molecular weight excluding hydrogens is 412 g/mol. The van der Waals surface area contributed by atoms with E-state index in [0.717, 1.165) is 16.7 Å². The Hall–Kier alpha value is -2.35. The summed E-state index contributed by atoms with van der Waals surface area (Å²) in [5.74, 6) is -1.80. The highest BCUT2D eigenvalue weighted by Gasteiger charge is 2.33. The van der Waals surface area contributed by atoms with E-state index in [1.807, 2.05) is 0 Å². The van der Waals surface area contributed by atoms with Crippen LogP contribution in [-0.4, -0.2) is 22.7 Å². The average Bonchev–Trinajstić information content (AvgIpc) is 2.92. The first-order valence-corrected chi connectivity index (χ1v) is 9.36. The summed E-state index contributed by atoms with van der Waals surface area (Å²) in [5, 5.41) is 0.871. The van der Waals surface area contributed by atoms with E-state index >= 15 is 0 Å². The Morgan fingerprint density at radius 3 is 2.63 bits per heavy atom. The maximum atomic E-state index is 14.2. The number of nitrogens with two attached hydrogens (primary N) is 1. The van der Waals surface area contributed by atoms with Crippen LogP contribution in [0.1, 0.15) is 5.56 Å². The molecule has 0 fully saturated rings. The first kappa shape index (κ1) is 19.4. The minimum atomic E-state index is -0.589. The molecule has 1 aliphatic heterocycles. The Morgan fingerprint density at radius 1 is 1.22 bits per heavy atom. The SMILES string of the molecule is NC(=O)CSC1=N/C(=C\c2ccc(Cl)c(Cl)c2)C(=O)N1c1ccccc1F. The molecule has 2 aromatic rings. The summed E-state index contributed by atoms with van der Waals surface area (Å²) in [5.41, 5.74) is 5.89. The molecule has 1 aliphatic rings. The van der Waals surface area contributed by atoms with E-state index in [-0.39, 0.29) is 22.3 Å². The number of thioether (sulfide) groups is 1. The summed E-state index contributed by atoms with van der Waals surface area (Å²) in [6.45, 7) is 0. The normalized spacial score (nSPS) is 15.4. The van der Waals surface area contributed by atoms with Gasteiger partial charge in [-0.15, -0.1) is 0 Å². The van der Waals surface area contributed by atoms with Crippen molar-refractivity contribution < 1.29 is 14.0 Å². The van der Waals surface area contributed by atoms with Crippen LogP contribution < -0.4 is 10.6 Å². The third kappa shape index (κ3) is 4.32. The zero-order chi connectivity index (χ0) is 19.6. The molecule has 2 aromatic carbocycles. The molecule has 0 spiro atoms. The number of halogens is 3. The second kappa shape index (κ2) is 8.12. The van der Waals surface area contributed by atoms with Gasteiger partial charge in [0, 0.05) is 0 Å². The molecule has 0 aromatic heterocycles. The van der Waals surface area contributed by atoms with Crippen molar-refractivity contribution in [2.75, 3.05) is 10.7 Å². The van der Waals surface area contributed by atoms with Crippen molar-refractivity contribution in [1.29, 1.82) is 0 Å². The molecule has 1 heterocycles. The van der Waals surface area contributed by atoms with Gasteiger partial charge < -0.3 is 5.73 Å². The molecule has 3 rings (SSSR count). The van der Waals surface area contributed by atoms with Crippen LogP contribution in [0.3, 0.4) is 0 Å². The van der Waals surface area contributed by atoms with Crippen molar-refractivity contribution >= 4 is 63.7 Å².